The Kier molecular flexibility index (Phi) is 6.45. The van der Waals surface area contributed by atoms with Crippen molar-refractivity contribution in [3.05, 3.63) is 30.1 Å². The fourth-order valence-electron chi connectivity index (χ4n) is 2.29. The Bertz CT molecular complexity index is 478. The van der Waals surface area contributed by atoms with Crippen LogP contribution in [0.4, 0.5) is 9.18 Å². The van der Waals surface area contributed by atoms with Gasteiger partial charge in [-0.15, -0.1) is 0 Å². The number of nitrogens with zero attached hydrogens (tertiary/aromatic N) is 1. The van der Waals surface area contributed by atoms with Gasteiger partial charge >= 0.3 is 6.03 Å². The monoisotopic (exact) mass is 310 g/mol. The topological polar surface area (TPSA) is 50.8 Å². The summed E-state index contributed by atoms with van der Waals surface area (Å²) in [5, 5.41) is 2.85. The van der Waals surface area contributed by atoms with Crippen LogP contribution in [-0.4, -0.2) is 50.4 Å². The normalized spacial score (nSPS) is 17.3. The van der Waals surface area contributed by atoms with Crippen molar-refractivity contribution in [1.82, 2.24) is 10.2 Å². The van der Waals surface area contributed by atoms with E-state index in [1.54, 1.807) is 30.1 Å². The molecule has 0 radical (unpaired) electrons. The van der Waals surface area contributed by atoms with Crippen molar-refractivity contribution >= 4 is 6.03 Å². The van der Waals surface area contributed by atoms with E-state index in [0.717, 1.165) is 19.4 Å². The molecule has 0 bridgehead atoms. The Hall–Kier alpha value is -1.82. The first kappa shape index (κ1) is 16.5. The summed E-state index contributed by atoms with van der Waals surface area (Å²) in [6.45, 7) is 2.24. The third-order valence-electron chi connectivity index (χ3n) is 3.58. The van der Waals surface area contributed by atoms with Gasteiger partial charge in [0.25, 0.3) is 0 Å². The average molecular weight is 310 g/mol. The lowest BCUT2D eigenvalue weighted by Crippen LogP contribution is -2.41. The van der Waals surface area contributed by atoms with E-state index in [9.17, 15) is 9.18 Å². The number of amides is 2. The molecule has 122 valence electrons. The third kappa shape index (κ3) is 5.18. The summed E-state index contributed by atoms with van der Waals surface area (Å²) in [6, 6.07) is 6.17. The van der Waals surface area contributed by atoms with E-state index in [-0.39, 0.29) is 23.7 Å². The fourth-order valence-corrected chi connectivity index (χ4v) is 2.29. The van der Waals surface area contributed by atoms with Crippen LogP contribution < -0.4 is 10.1 Å². The van der Waals surface area contributed by atoms with Crippen molar-refractivity contribution in [3.63, 3.8) is 0 Å². The second-order valence-corrected chi connectivity index (χ2v) is 5.38. The molecule has 1 aliphatic rings. The van der Waals surface area contributed by atoms with Gasteiger partial charge in [0.15, 0.2) is 11.6 Å². The highest BCUT2D eigenvalue weighted by atomic mass is 19.1. The number of nitrogens with one attached hydrogen (secondary N) is 1. The average Bonchev–Trinajstić information content (AvgIpc) is 3.04. The molecule has 22 heavy (non-hydrogen) atoms. The smallest absolute Gasteiger partial charge is 0.317 e. The van der Waals surface area contributed by atoms with Crippen LogP contribution in [0.5, 0.6) is 5.75 Å². The number of halogens is 1. The molecular weight excluding hydrogens is 287 g/mol. The Morgan fingerprint density at radius 3 is 3.05 bits per heavy atom. The molecule has 0 unspecified atom stereocenters. The van der Waals surface area contributed by atoms with Gasteiger partial charge in [-0.25, -0.2) is 9.18 Å². The maximum Gasteiger partial charge on any atom is 0.317 e. The summed E-state index contributed by atoms with van der Waals surface area (Å²) in [5.41, 5.74) is 0. The first-order chi connectivity index (χ1) is 10.7. The SMILES string of the molecule is CN(CCCOc1ccccc1F)C(=O)NC[C@@H]1CCCO1. The number of carbonyl (C=O) groups excluding carboxylic acids is 1. The van der Waals surface area contributed by atoms with Gasteiger partial charge in [0, 0.05) is 26.7 Å². The molecule has 2 amide bonds. The first-order valence-electron chi connectivity index (χ1n) is 7.64. The second kappa shape index (κ2) is 8.58. The summed E-state index contributed by atoms with van der Waals surface area (Å²) in [7, 11) is 1.73. The minimum Gasteiger partial charge on any atom is -0.490 e. The molecule has 1 atom stereocenters. The van der Waals surface area contributed by atoms with Crippen LogP contribution in [0, 0.1) is 5.82 Å². The highest BCUT2D eigenvalue weighted by Gasteiger charge is 2.17. The van der Waals surface area contributed by atoms with Gasteiger partial charge in [0.05, 0.1) is 12.7 Å². The molecule has 1 saturated heterocycles. The maximum absolute atomic E-state index is 13.3. The number of hydrogen-bond acceptors (Lipinski definition) is 3. The number of carbonyl (C=O) groups is 1. The van der Waals surface area contributed by atoms with E-state index < -0.39 is 0 Å². The van der Waals surface area contributed by atoms with Crippen molar-refractivity contribution in [2.75, 3.05) is 33.4 Å². The Morgan fingerprint density at radius 2 is 2.32 bits per heavy atom. The number of rotatable bonds is 7. The number of hydrogen-bond donors (Lipinski definition) is 1. The van der Waals surface area contributed by atoms with Crippen LogP contribution in [0.1, 0.15) is 19.3 Å². The molecule has 0 spiro atoms. The summed E-state index contributed by atoms with van der Waals surface area (Å²) >= 11 is 0. The Balaban J connectivity index is 1.59. The van der Waals surface area contributed by atoms with Gasteiger partial charge in [-0.3, -0.25) is 0 Å². The van der Waals surface area contributed by atoms with Gasteiger partial charge in [-0.05, 0) is 31.4 Å². The molecule has 1 aromatic carbocycles. The number of urea groups is 1. The van der Waals surface area contributed by atoms with Gasteiger partial charge in [0.2, 0.25) is 0 Å². The van der Waals surface area contributed by atoms with Gasteiger partial charge in [-0.1, -0.05) is 12.1 Å². The fraction of sp³-hybridized carbons (Fsp3) is 0.562. The molecule has 1 aromatic rings. The zero-order valence-corrected chi connectivity index (χ0v) is 12.9. The molecule has 0 saturated carbocycles. The van der Waals surface area contributed by atoms with E-state index in [2.05, 4.69) is 5.32 Å². The number of benzene rings is 1. The largest absolute Gasteiger partial charge is 0.490 e. The van der Waals surface area contributed by atoms with Crippen LogP contribution in [-0.2, 0) is 4.74 Å². The predicted molar refractivity (Wildman–Crippen MR) is 81.5 cm³/mol. The van der Waals surface area contributed by atoms with E-state index in [1.807, 2.05) is 0 Å². The number of ether oxygens (including phenoxy) is 2. The molecule has 1 aliphatic heterocycles. The molecular formula is C16H23FN2O3. The van der Waals surface area contributed by atoms with Crippen molar-refractivity contribution in [1.29, 1.82) is 0 Å². The zero-order chi connectivity index (χ0) is 15.8. The van der Waals surface area contributed by atoms with Crippen LogP contribution in [0.25, 0.3) is 0 Å². The minimum absolute atomic E-state index is 0.124. The van der Waals surface area contributed by atoms with E-state index in [0.29, 0.717) is 26.1 Å². The van der Waals surface area contributed by atoms with Gasteiger partial charge in [-0.2, -0.15) is 0 Å². The molecule has 0 aromatic heterocycles. The van der Waals surface area contributed by atoms with Crippen LogP contribution in [0.3, 0.4) is 0 Å². The quantitative estimate of drug-likeness (QED) is 0.787. The highest BCUT2D eigenvalue weighted by Crippen LogP contribution is 2.15. The van der Waals surface area contributed by atoms with Crippen LogP contribution in [0.15, 0.2) is 24.3 Å². The molecule has 6 heteroatoms. The van der Waals surface area contributed by atoms with E-state index in [4.69, 9.17) is 9.47 Å². The van der Waals surface area contributed by atoms with Gasteiger partial charge < -0.3 is 19.7 Å². The lowest BCUT2D eigenvalue weighted by molar-refractivity contribution is 0.109. The Labute approximate surface area is 130 Å². The molecule has 1 heterocycles. The second-order valence-electron chi connectivity index (χ2n) is 5.38. The summed E-state index contributed by atoms with van der Waals surface area (Å²) in [6.07, 6.45) is 2.84. The van der Waals surface area contributed by atoms with Crippen molar-refractivity contribution in [2.24, 2.45) is 0 Å². The van der Waals surface area contributed by atoms with Gasteiger partial charge in [0.1, 0.15) is 0 Å². The number of para-hydroxylation sites is 1. The van der Waals surface area contributed by atoms with Crippen LogP contribution in [0.2, 0.25) is 0 Å². The molecule has 1 N–H and O–H groups in total. The lowest BCUT2D eigenvalue weighted by atomic mass is 10.2. The summed E-state index contributed by atoms with van der Waals surface area (Å²) < 4.78 is 24.1. The summed E-state index contributed by atoms with van der Waals surface area (Å²) in [4.78, 5) is 13.5. The maximum atomic E-state index is 13.3. The minimum atomic E-state index is -0.370. The van der Waals surface area contributed by atoms with Crippen molar-refractivity contribution < 1.29 is 18.7 Å². The standard InChI is InChI=1S/C16H23FN2O3/c1-19(16(20)18-12-13-6-4-10-21-13)9-5-11-22-15-8-3-2-7-14(15)17/h2-3,7-8,13H,4-6,9-12H2,1H3,(H,18,20)/t13-/m0/s1. The van der Waals surface area contributed by atoms with Crippen LogP contribution >= 0.6 is 0 Å². The Morgan fingerprint density at radius 1 is 1.50 bits per heavy atom. The zero-order valence-electron chi connectivity index (χ0n) is 12.9. The molecule has 5 nitrogen and oxygen atoms in total. The molecule has 1 fully saturated rings. The lowest BCUT2D eigenvalue weighted by Gasteiger charge is -2.19. The first-order valence-corrected chi connectivity index (χ1v) is 7.64. The predicted octanol–water partition coefficient (Wildman–Crippen LogP) is 2.42. The third-order valence-corrected chi connectivity index (χ3v) is 3.58. The van der Waals surface area contributed by atoms with E-state index in [1.165, 1.54) is 6.07 Å². The molecule has 0 aliphatic carbocycles. The van der Waals surface area contributed by atoms with E-state index >= 15 is 0 Å². The van der Waals surface area contributed by atoms with Crippen molar-refractivity contribution in [3.8, 4) is 5.75 Å². The highest BCUT2D eigenvalue weighted by molar-refractivity contribution is 5.73. The van der Waals surface area contributed by atoms with Crippen molar-refractivity contribution in [2.45, 2.75) is 25.4 Å². The summed E-state index contributed by atoms with van der Waals surface area (Å²) in [5.74, 6) is -0.127. The molecule has 2 rings (SSSR count).